The Morgan fingerprint density at radius 2 is 2.11 bits per heavy atom. The summed E-state index contributed by atoms with van der Waals surface area (Å²) in [5, 5.41) is 7.76. The zero-order valence-electron chi connectivity index (χ0n) is 10.5. The summed E-state index contributed by atoms with van der Waals surface area (Å²) in [6.07, 6.45) is 4.88. The Kier molecular flexibility index (Phi) is 4.96. The first-order valence-electron chi connectivity index (χ1n) is 6.26. The molecule has 0 fully saturated rings. The van der Waals surface area contributed by atoms with Gasteiger partial charge < -0.3 is 5.32 Å². The van der Waals surface area contributed by atoms with E-state index in [4.69, 9.17) is 0 Å². The van der Waals surface area contributed by atoms with Gasteiger partial charge >= 0.3 is 0 Å². The largest absolute Gasteiger partial charge is 0.308 e. The summed E-state index contributed by atoms with van der Waals surface area (Å²) in [4.78, 5) is 0. The summed E-state index contributed by atoms with van der Waals surface area (Å²) in [6.45, 7) is 4.03. The highest BCUT2D eigenvalue weighted by atomic mass is 79.9. The summed E-state index contributed by atoms with van der Waals surface area (Å²) < 4.78 is 3.07. The zero-order chi connectivity index (χ0) is 12.8. The predicted molar refractivity (Wildman–Crippen MR) is 77.4 cm³/mol. The number of hydrogen-bond donors (Lipinski definition) is 1. The molecule has 0 radical (unpaired) electrons. The second-order valence-corrected chi connectivity index (χ2v) is 5.15. The van der Waals surface area contributed by atoms with E-state index in [1.54, 1.807) is 0 Å². The van der Waals surface area contributed by atoms with Crippen LogP contribution < -0.4 is 5.32 Å². The minimum Gasteiger partial charge on any atom is -0.308 e. The van der Waals surface area contributed by atoms with Crippen molar-refractivity contribution in [1.29, 1.82) is 0 Å². The maximum atomic E-state index is 4.19. The molecule has 0 saturated carbocycles. The monoisotopic (exact) mass is 307 g/mol. The molecule has 18 heavy (non-hydrogen) atoms. The van der Waals surface area contributed by atoms with Gasteiger partial charge in [0, 0.05) is 29.5 Å². The topological polar surface area (TPSA) is 29.9 Å². The van der Waals surface area contributed by atoms with E-state index in [-0.39, 0.29) is 0 Å². The molecule has 0 spiro atoms. The molecule has 1 aromatic carbocycles. The number of aromatic nitrogens is 2. The highest BCUT2D eigenvalue weighted by Crippen LogP contribution is 2.19. The zero-order valence-corrected chi connectivity index (χ0v) is 12.1. The van der Waals surface area contributed by atoms with Crippen LogP contribution in [0.2, 0.25) is 0 Å². The lowest BCUT2D eigenvalue weighted by atomic mass is 10.0. The van der Waals surface area contributed by atoms with Crippen molar-refractivity contribution >= 4 is 15.9 Å². The molecule has 3 nitrogen and oxygen atoms in total. The number of hydrogen-bond acceptors (Lipinski definition) is 2. The maximum Gasteiger partial charge on any atom is 0.0534 e. The standard InChI is InChI=1S/C14H18BrN3/c1-2-14(12-4-6-13(15)7-5-12)16-9-11-18-10-3-8-17-18/h3-8,10,14,16H,2,9,11H2,1H3. The minimum absolute atomic E-state index is 0.411. The van der Waals surface area contributed by atoms with Gasteiger partial charge in [-0.3, -0.25) is 4.68 Å². The molecule has 2 rings (SSSR count). The Morgan fingerprint density at radius 1 is 1.33 bits per heavy atom. The fourth-order valence-corrected chi connectivity index (χ4v) is 2.24. The molecule has 1 N–H and O–H groups in total. The second kappa shape index (κ2) is 6.71. The Morgan fingerprint density at radius 3 is 2.72 bits per heavy atom. The van der Waals surface area contributed by atoms with Gasteiger partial charge in [0.05, 0.1) is 6.54 Å². The smallest absolute Gasteiger partial charge is 0.0534 e. The molecular weight excluding hydrogens is 290 g/mol. The van der Waals surface area contributed by atoms with E-state index in [9.17, 15) is 0 Å². The average Bonchev–Trinajstić information content (AvgIpc) is 2.89. The van der Waals surface area contributed by atoms with E-state index >= 15 is 0 Å². The van der Waals surface area contributed by atoms with Crippen molar-refractivity contribution in [1.82, 2.24) is 15.1 Å². The fraction of sp³-hybridized carbons (Fsp3) is 0.357. The third-order valence-corrected chi connectivity index (χ3v) is 3.50. The van der Waals surface area contributed by atoms with Gasteiger partial charge in [-0.2, -0.15) is 5.10 Å². The molecule has 1 aromatic heterocycles. The van der Waals surface area contributed by atoms with Crippen molar-refractivity contribution in [2.45, 2.75) is 25.9 Å². The van der Waals surface area contributed by atoms with Crippen molar-refractivity contribution < 1.29 is 0 Å². The summed E-state index contributed by atoms with van der Waals surface area (Å²) in [5.74, 6) is 0. The van der Waals surface area contributed by atoms with Gasteiger partial charge in [-0.05, 0) is 30.2 Å². The minimum atomic E-state index is 0.411. The lowest BCUT2D eigenvalue weighted by Gasteiger charge is -2.17. The summed E-state index contributed by atoms with van der Waals surface area (Å²) in [7, 11) is 0. The van der Waals surface area contributed by atoms with Gasteiger partial charge in [-0.1, -0.05) is 35.0 Å². The van der Waals surface area contributed by atoms with E-state index < -0.39 is 0 Å². The number of nitrogens with one attached hydrogen (secondary N) is 1. The van der Waals surface area contributed by atoms with Crippen LogP contribution in [-0.2, 0) is 6.54 Å². The molecule has 0 aliphatic rings. The molecule has 0 aliphatic carbocycles. The van der Waals surface area contributed by atoms with Crippen LogP contribution in [0.25, 0.3) is 0 Å². The van der Waals surface area contributed by atoms with Gasteiger partial charge in [0.2, 0.25) is 0 Å². The van der Waals surface area contributed by atoms with Gasteiger partial charge in [0.25, 0.3) is 0 Å². The molecule has 0 amide bonds. The lowest BCUT2D eigenvalue weighted by Crippen LogP contribution is -2.25. The van der Waals surface area contributed by atoms with Gasteiger partial charge in [0.1, 0.15) is 0 Å². The first-order valence-corrected chi connectivity index (χ1v) is 7.05. The van der Waals surface area contributed by atoms with E-state index in [2.05, 4.69) is 57.5 Å². The van der Waals surface area contributed by atoms with Crippen LogP contribution in [-0.4, -0.2) is 16.3 Å². The summed E-state index contributed by atoms with van der Waals surface area (Å²) >= 11 is 3.46. The molecule has 2 aromatic rings. The highest BCUT2D eigenvalue weighted by Gasteiger charge is 2.07. The van der Waals surface area contributed by atoms with Crippen LogP contribution in [0.5, 0.6) is 0 Å². The van der Waals surface area contributed by atoms with E-state index in [0.717, 1.165) is 24.0 Å². The van der Waals surface area contributed by atoms with Gasteiger partial charge in [-0.15, -0.1) is 0 Å². The number of rotatable bonds is 6. The highest BCUT2D eigenvalue weighted by molar-refractivity contribution is 9.10. The van der Waals surface area contributed by atoms with Crippen LogP contribution in [0, 0.1) is 0 Å². The SMILES string of the molecule is CCC(NCCn1cccn1)c1ccc(Br)cc1. The molecule has 0 aliphatic heterocycles. The van der Waals surface area contributed by atoms with Crippen LogP contribution in [0.15, 0.2) is 47.2 Å². The van der Waals surface area contributed by atoms with Crippen LogP contribution in [0.4, 0.5) is 0 Å². The molecule has 0 bridgehead atoms. The fourth-order valence-electron chi connectivity index (χ4n) is 1.98. The molecule has 4 heteroatoms. The van der Waals surface area contributed by atoms with E-state index in [0.29, 0.717) is 6.04 Å². The van der Waals surface area contributed by atoms with Crippen molar-refractivity contribution in [2.75, 3.05) is 6.54 Å². The van der Waals surface area contributed by atoms with E-state index in [1.165, 1.54) is 5.56 Å². The average molecular weight is 308 g/mol. The van der Waals surface area contributed by atoms with Crippen LogP contribution >= 0.6 is 15.9 Å². The van der Waals surface area contributed by atoms with Crippen LogP contribution in [0.1, 0.15) is 24.9 Å². The normalized spacial score (nSPS) is 12.6. The molecule has 0 saturated heterocycles. The molecule has 1 heterocycles. The lowest BCUT2D eigenvalue weighted by molar-refractivity contribution is 0.477. The Labute approximate surface area is 116 Å². The number of benzene rings is 1. The third-order valence-electron chi connectivity index (χ3n) is 2.97. The first-order chi connectivity index (χ1) is 8.79. The van der Waals surface area contributed by atoms with Crippen molar-refractivity contribution in [3.63, 3.8) is 0 Å². The number of nitrogens with zero attached hydrogens (tertiary/aromatic N) is 2. The predicted octanol–water partition coefficient (Wildman–Crippen LogP) is 3.39. The number of halogens is 1. The van der Waals surface area contributed by atoms with Gasteiger partial charge in [0.15, 0.2) is 0 Å². The third kappa shape index (κ3) is 3.68. The van der Waals surface area contributed by atoms with Crippen molar-refractivity contribution in [3.05, 3.63) is 52.8 Å². The quantitative estimate of drug-likeness (QED) is 0.886. The molecule has 1 atom stereocenters. The Hall–Kier alpha value is -1.13. The Balaban J connectivity index is 1.87. The summed E-state index contributed by atoms with van der Waals surface area (Å²) in [5.41, 5.74) is 1.33. The first kappa shape index (κ1) is 13.3. The molecule has 96 valence electrons. The van der Waals surface area contributed by atoms with Crippen LogP contribution in [0.3, 0.4) is 0 Å². The molecular formula is C14H18BrN3. The van der Waals surface area contributed by atoms with Crippen molar-refractivity contribution in [2.24, 2.45) is 0 Å². The summed E-state index contributed by atoms with van der Waals surface area (Å²) in [6, 6.07) is 10.9. The van der Waals surface area contributed by atoms with Crippen molar-refractivity contribution in [3.8, 4) is 0 Å². The maximum absolute atomic E-state index is 4.19. The van der Waals surface area contributed by atoms with E-state index in [1.807, 2.05) is 23.1 Å². The molecule has 1 unspecified atom stereocenters. The second-order valence-electron chi connectivity index (χ2n) is 4.24. The Bertz CT molecular complexity index is 450. The van der Waals surface area contributed by atoms with Gasteiger partial charge in [-0.25, -0.2) is 0 Å².